The van der Waals surface area contributed by atoms with Crippen LogP contribution in [0.2, 0.25) is 0 Å². The molecule has 0 bridgehead atoms. The summed E-state index contributed by atoms with van der Waals surface area (Å²) in [7, 11) is 0. The molecule has 5 nitrogen and oxygen atoms in total. The van der Waals surface area contributed by atoms with E-state index in [0.717, 1.165) is 6.42 Å². The monoisotopic (exact) mass is 205 g/mol. The number of hydrogen-bond acceptors (Lipinski definition) is 3. The lowest BCUT2D eigenvalue weighted by Crippen LogP contribution is -2.39. The molecular weight excluding hydrogens is 194 g/mol. The topological polar surface area (TPSA) is 84.2 Å². The third-order valence-electron chi connectivity index (χ3n) is 2.13. The molecule has 1 saturated heterocycles. The molecule has 0 aromatic carbocycles. The minimum Gasteiger partial charge on any atom is -0.356 e. The first kappa shape index (κ1) is 10.3. The third kappa shape index (κ3) is 2.57. The maximum Gasteiger partial charge on any atom is 0.251 e. The first-order valence-electron chi connectivity index (χ1n) is 4.09. The van der Waals surface area contributed by atoms with Crippen LogP contribution in [0.4, 0.5) is 0 Å². The van der Waals surface area contributed by atoms with Gasteiger partial charge in [-0.15, -0.1) is 0 Å². The summed E-state index contributed by atoms with van der Waals surface area (Å²) in [6, 6.07) is -0.702. The number of rotatable bonds is 3. The van der Waals surface area contributed by atoms with E-state index >= 15 is 0 Å². The molecule has 0 spiro atoms. The second kappa shape index (κ2) is 4.43. The minimum absolute atomic E-state index is 0.0298. The first-order chi connectivity index (χ1) is 6.15. The molecule has 1 aliphatic rings. The molecule has 1 rings (SSSR count). The summed E-state index contributed by atoms with van der Waals surface area (Å²) in [6.45, 7) is 0.665. The van der Waals surface area contributed by atoms with Gasteiger partial charge in [0.05, 0.1) is 6.04 Å². The minimum atomic E-state index is -0.702. The van der Waals surface area contributed by atoms with Gasteiger partial charge in [0.1, 0.15) is 0 Å². The van der Waals surface area contributed by atoms with Crippen LogP contribution >= 0.6 is 11.8 Å². The van der Waals surface area contributed by atoms with Crippen LogP contribution in [0.1, 0.15) is 12.8 Å². The molecule has 2 atom stereocenters. The van der Waals surface area contributed by atoms with Gasteiger partial charge in [-0.2, -0.15) is 0 Å². The highest BCUT2D eigenvalue weighted by Crippen LogP contribution is 2.15. The highest BCUT2D eigenvalue weighted by atomic mass is 35.5. The molecule has 6 heteroatoms. The summed E-state index contributed by atoms with van der Waals surface area (Å²) >= 11 is 5.09. The number of amides is 2. The molecule has 1 heterocycles. The van der Waals surface area contributed by atoms with E-state index in [1.807, 2.05) is 4.84 Å². The SMILES string of the molecule is N[C@@H](C[C@@H]1CCNC1=O)C(=O)NCl. The number of carbonyl (C=O) groups is 2. The highest BCUT2D eigenvalue weighted by Gasteiger charge is 2.28. The average Bonchev–Trinajstić information content (AvgIpc) is 2.50. The molecule has 1 aliphatic heterocycles. The molecule has 2 amide bonds. The highest BCUT2D eigenvalue weighted by molar-refractivity contribution is 6.22. The van der Waals surface area contributed by atoms with Gasteiger partial charge >= 0.3 is 0 Å². The van der Waals surface area contributed by atoms with Crippen molar-refractivity contribution in [3.63, 3.8) is 0 Å². The van der Waals surface area contributed by atoms with Crippen molar-refractivity contribution in [2.45, 2.75) is 18.9 Å². The molecule has 4 N–H and O–H groups in total. The zero-order chi connectivity index (χ0) is 9.84. The summed E-state index contributed by atoms with van der Waals surface area (Å²) in [5.74, 6) is -0.622. The largest absolute Gasteiger partial charge is 0.356 e. The molecule has 13 heavy (non-hydrogen) atoms. The summed E-state index contributed by atoms with van der Waals surface area (Å²) in [6.07, 6.45) is 1.09. The fraction of sp³-hybridized carbons (Fsp3) is 0.714. The summed E-state index contributed by atoms with van der Waals surface area (Å²) < 4.78 is 0. The van der Waals surface area contributed by atoms with Gasteiger partial charge < -0.3 is 11.1 Å². The second-order valence-corrected chi connectivity index (χ2v) is 3.27. The van der Waals surface area contributed by atoms with E-state index in [1.54, 1.807) is 0 Å². The number of hydrogen-bond donors (Lipinski definition) is 3. The molecule has 1 fully saturated rings. The standard InChI is InChI=1S/C7H12ClN3O2/c8-11-7(13)5(9)3-4-1-2-10-6(4)12/h4-5H,1-3,9H2,(H,10,12)(H,11,13)/t4-,5-/m0/s1. The van der Waals surface area contributed by atoms with Crippen LogP contribution in [-0.2, 0) is 9.59 Å². The Labute approximate surface area is 81.1 Å². The van der Waals surface area contributed by atoms with Crippen molar-refractivity contribution in [3.05, 3.63) is 0 Å². The van der Waals surface area contributed by atoms with Crippen molar-refractivity contribution < 1.29 is 9.59 Å². The van der Waals surface area contributed by atoms with E-state index in [9.17, 15) is 9.59 Å². The fourth-order valence-electron chi connectivity index (χ4n) is 1.35. The van der Waals surface area contributed by atoms with Gasteiger partial charge in [-0.25, -0.2) is 0 Å². The Balaban J connectivity index is 2.39. The fourth-order valence-corrected chi connectivity index (χ4v) is 1.49. The zero-order valence-electron chi connectivity index (χ0n) is 7.05. The Hall–Kier alpha value is -0.810. The average molecular weight is 206 g/mol. The van der Waals surface area contributed by atoms with Crippen LogP contribution < -0.4 is 15.9 Å². The van der Waals surface area contributed by atoms with E-state index in [4.69, 9.17) is 17.5 Å². The van der Waals surface area contributed by atoms with Crippen molar-refractivity contribution in [3.8, 4) is 0 Å². The molecule has 0 radical (unpaired) electrons. The molecule has 0 unspecified atom stereocenters. The molecule has 0 aromatic heterocycles. The lowest BCUT2D eigenvalue weighted by Gasteiger charge is -2.11. The van der Waals surface area contributed by atoms with Gasteiger partial charge in [0.25, 0.3) is 5.91 Å². The van der Waals surface area contributed by atoms with E-state index in [-0.39, 0.29) is 11.8 Å². The van der Waals surface area contributed by atoms with E-state index in [0.29, 0.717) is 13.0 Å². The normalized spacial score (nSPS) is 23.8. The van der Waals surface area contributed by atoms with Gasteiger partial charge in [0, 0.05) is 24.2 Å². The van der Waals surface area contributed by atoms with Crippen LogP contribution in [-0.4, -0.2) is 24.4 Å². The molecule has 0 aromatic rings. The quantitative estimate of drug-likeness (QED) is 0.523. The Morgan fingerprint density at radius 2 is 2.54 bits per heavy atom. The predicted octanol–water partition coefficient (Wildman–Crippen LogP) is -0.890. The predicted molar refractivity (Wildman–Crippen MR) is 47.7 cm³/mol. The number of halogens is 1. The van der Waals surface area contributed by atoms with Crippen LogP contribution in [0.15, 0.2) is 0 Å². The van der Waals surface area contributed by atoms with Crippen molar-refractivity contribution in [1.82, 2.24) is 10.2 Å². The van der Waals surface area contributed by atoms with E-state index in [1.165, 1.54) is 0 Å². The maximum absolute atomic E-state index is 11.1. The van der Waals surface area contributed by atoms with Crippen LogP contribution in [0.5, 0.6) is 0 Å². The van der Waals surface area contributed by atoms with Gasteiger partial charge in [0.15, 0.2) is 0 Å². The van der Waals surface area contributed by atoms with Crippen LogP contribution in [0.25, 0.3) is 0 Å². The van der Waals surface area contributed by atoms with Crippen molar-refractivity contribution in [1.29, 1.82) is 0 Å². The summed E-state index contributed by atoms with van der Waals surface area (Å²) in [4.78, 5) is 23.9. The van der Waals surface area contributed by atoms with Crippen LogP contribution in [0.3, 0.4) is 0 Å². The summed E-state index contributed by atoms with van der Waals surface area (Å²) in [5.41, 5.74) is 5.49. The van der Waals surface area contributed by atoms with Gasteiger partial charge in [-0.1, -0.05) is 0 Å². The maximum atomic E-state index is 11.1. The van der Waals surface area contributed by atoms with E-state index in [2.05, 4.69) is 5.32 Å². The Bertz CT molecular complexity index is 222. The molecule has 0 saturated carbocycles. The lowest BCUT2D eigenvalue weighted by molar-refractivity contribution is -0.123. The molecule has 0 aliphatic carbocycles. The number of nitrogens with one attached hydrogen (secondary N) is 2. The Morgan fingerprint density at radius 1 is 1.85 bits per heavy atom. The Morgan fingerprint density at radius 3 is 3.00 bits per heavy atom. The second-order valence-electron chi connectivity index (χ2n) is 3.08. The van der Waals surface area contributed by atoms with E-state index < -0.39 is 11.9 Å². The number of carbonyl (C=O) groups excluding carboxylic acids is 2. The first-order valence-corrected chi connectivity index (χ1v) is 4.46. The van der Waals surface area contributed by atoms with Crippen molar-refractivity contribution in [2.24, 2.45) is 11.7 Å². The summed E-state index contributed by atoms with van der Waals surface area (Å²) in [5, 5.41) is 2.67. The van der Waals surface area contributed by atoms with Gasteiger partial charge in [0.2, 0.25) is 5.91 Å². The zero-order valence-corrected chi connectivity index (χ0v) is 7.80. The van der Waals surface area contributed by atoms with Crippen LogP contribution in [0, 0.1) is 5.92 Å². The molecule has 74 valence electrons. The number of nitrogens with two attached hydrogens (primary N) is 1. The van der Waals surface area contributed by atoms with Gasteiger partial charge in [-0.3, -0.25) is 14.4 Å². The third-order valence-corrected chi connectivity index (χ3v) is 2.32. The van der Waals surface area contributed by atoms with Gasteiger partial charge in [-0.05, 0) is 12.8 Å². The molecular formula is C7H12ClN3O2. The lowest BCUT2D eigenvalue weighted by atomic mass is 9.99. The van der Waals surface area contributed by atoms with Crippen molar-refractivity contribution >= 4 is 23.6 Å². The van der Waals surface area contributed by atoms with Crippen molar-refractivity contribution in [2.75, 3.05) is 6.54 Å². The smallest absolute Gasteiger partial charge is 0.251 e. The Kier molecular flexibility index (Phi) is 3.50.